The Balaban J connectivity index is 1.34. The zero-order valence-corrected chi connectivity index (χ0v) is 20.8. The molecular weight excluding hydrogens is 448 g/mol. The SMILES string of the molecule is Cc1ccnc(-c2ccc3c(N)c(-c4ccc(NC(=O)O[C@H](C)C5CC5)cc4)n(C4CCC4)c3c2)c1. The number of nitrogens with two attached hydrogens (primary N) is 1. The van der Waals surface area contributed by atoms with Gasteiger partial charge in [-0.1, -0.05) is 24.3 Å². The van der Waals surface area contributed by atoms with Gasteiger partial charge in [-0.05, 0) is 87.8 Å². The van der Waals surface area contributed by atoms with Crippen LogP contribution in [0, 0.1) is 12.8 Å². The lowest BCUT2D eigenvalue weighted by molar-refractivity contribution is 0.108. The van der Waals surface area contributed by atoms with Crippen molar-refractivity contribution in [2.75, 3.05) is 11.1 Å². The fourth-order valence-corrected chi connectivity index (χ4v) is 5.20. The number of aryl methyl sites for hydroxylation is 1. The third-order valence-electron chi connectivity index (χ3n) is 7.68. The number of benzene rings is 2. The predicted octanol–water partition coefficient (Wildman–Crippen LogP) is 7.33. The number of carbonyl (C=O) groups is 1. The Morgan fingerprint density at radius 1 is 1.06 bits per heavy atom. The maximum atomic E-state index is 12.3. The molecule has 2 aromatic heterocycles. The fraction of sp³-hybridized carbons (Fsp3) is 0.333. The van der Waals surface area contributed by atoms with Crippen LogP contribution < -0.4 is 11.1 Å². The van der Waals surface area contributed by atoms with Gasteiger partial charge in [0.2, 0.25) is 0 Å². The van der Waals surface area contributed by atoms with Crippen LogP contribution in [0.15, 0.2) is 60.8 Å². The third kappa shape index (κ3) is 4.21. The number of carbonyl (C=O) groups excluding carboxylic acids is 1. The van der Waals surface area contributed by atoms with Crippen LogP contribution in [0.2, 0.25) is 0 Å². The fourth-order valence-electron chi connectivity index (χ4n) is 5.20. The average molecular weight is 481 g/mol. The molecule has 3 N–H and O–H groups in total. The van der Waals surface area contributed by atoms with Gasteiger partial charge in [0.15, 0.2) is 0 Å². The van der Waals surface area contributed by atoms with Gasteiger partial charge in [0, 0.05) is 34.4 Å². The van der Waals surface area contributed by atoms with Crippen LogP contribution in [-0.4, -0.2) is 21.7 Å². The lowest BCUT2D eigenvalue weighted by Crippen LogP contribution is -2.21. The van der Waals surface area contributed by atoms with E-state index in [4.69, 9.17) is 10.5 Å². The summed E-state index contributed by atoms with van der Waals surface area (Å²) < 4.78 is 7.92. The zero-order chi connectivity index (χ0) is 24.8. The molecule has 1 atom stereocenters. The highest BCUT2D eigenvalue weighted by Crippen LogP contribution is 2.45. The summed E-state index contributed by atoms with van der Waals surface area (Å²) in [5.41, 5.74) is 14.8. The molecule has 0 unspecified atom stereocenters. The molecule has 2 aliphatic carbocycles. The van der Waals surface area contributed by atoms with Gasteiger partial charge < -0.3 is 15.0 Å². The van der Waals surface area contributed by atoms with E-state index in [0.29, 0.717) is 17.6 Å². The van der Waals surface area contributed by atoms with Gasteiger partial charge in [-0.2, -0.15) is 0 Å². The third-order valence-corrected chi connectivity index (χ3v) is 7.68. The van der Waals surface area contributed by atoms with Gasteiger partial charge in [0.05, 0.1) is 22.6 Å². The van der Waals surface area contributed by atoms with Crippen LogP contribution in [-0.2, 0) is 4.74 Å². The summed E-state index contributed by atoms with van der Waals surface area (Å²) in [5, 5.41) is 3.92. The Labute approximate surface area is 211 Å². The number of rotatable bonds is 6. The van der Waals surface area contributed by atoms with Crippen LogP contribution >= 0.6 is 0 Å². The van der Waals surface area contributed by atoms with Gasteiger partial charge in [-0.15, -0.1) is 0 Å². The summed E-state index contributed by atoms with van der Waals surface area (Å²) in [5.74, 6) is 0.511. The van der Waals surface area contributed by atoms with Gasteiger partial charge in [0.1, 0.15) is 6.10 Å². The number of nitrogens with one attached hydrogen (secondary N) is 1. The Bertz CT molecular complexity index is 1430. The van der Waals surface area contributed by atoms with E-state index in [1.54, 1.807) is 0 Å². The molecule has 0 spiro atoms. The van der Waals surface area contributed by atoms with Crippen LogP contribution in [0.3, 0.4) is 0 Å². The Hall–Kier alpha value is -3.80. The molecule has 0 aliphatic heterocycles. The lowest BCUT2D eigenvalue weighted by Gasteiger charge is -2.30. The molecule has 0 saturated heterocycles. The number of hydrogen-bond acceptors (Lipinski definition) is 4. The van der Waals surface area contributed by atoms with Crippen LogP contribution in [0.4, 0.5) is 16.2 Å². The second kappa shape index (κ2) is 9.01. The molecule has 2 saturated carbocycles. The summed E-state index contributed by atoms with van der Waals surface area (Å²) in [6, 6.07) is 18.9. The molecule has 2 aliphatic rings. The summed E-state index contributed by atoms with van der Waals surface area (Å²) in [7, 11) is 0. The summed E-state index contributed by atoms with van der Waals surface area (Å²) >= 11 is 0. The summed E-state index contributed by atoms with van der Waals surface area (Å²) in [6.07, 6.45) is 7.22. The molecule has 6 rings (SSSR count). The van der Waals surface area contributed by atoms with Crippen molar-refractivity contribution >= 4 is 28.4 Å². The zero-order valence-electron chi connectivity index (χ0n) is 20.8. The van der Waals surface area contributed by atoms with Gasteiger partial charge >= 0.3 is 6.09 Å². The highest BCUT2D eigenvalue weighted by molar-refractivity contribution is 6.02. The number of nitrogen functional groups attached to an aromatic ring is 1. The second-order valence-corrected chi connectivity index (χ2v) is 10.3. The summed E-state index contributed by atoms with van der Waals surface area (Å²) in [4.78, 5) is 16.9. The van der Waals surface area contributed by atoms with Crippen molar-refractivity contribution in [3.8, 4) is 22.5 Å². The Morgan fingerprint density at radius 2 is 1.81 bits per heavy atom. The van der Waals surface area contributed by atoms with Crippen LogP contribution in [0.25, 0.3) is 33.4 Å². The first-order valence-corrected chi connectivity index (χ1v) is 12.9. The van der Waals surface area contributed by atoms with Gasteiger partial charge in [-0.25, -0.2) is 4.79 Å². The van der Waals surface area contributed by atoms with Crippen molar-refractivity contribution in [1.82, 2.24) is 9.55 Å². The molecular formula is C30H32N4O2. The van der Waals surface area contributed by atoms with E-state index in [1.165, 1.54) is 12.0 Å². The van der Waals surface area contributed by atoms with E-state index >= 15 is 0 Å². The second-order valence-electron chi connectivity index (χ2n) is 10.3. The predicted molar refractivity (Wildman–Crippen MR) is 145 cm³/mol. The van der Waals surface area contributed by atoms with Crippen LogP contribution in [0.5, 0.6) is 0 Å². The topological polar surface area (TPSA) is 82.2 Å². The molecule has 4 aromatic rings. The lowest BCUT2D eigenvalue weighted by atomic mass is 9.92. The minimum Gasteiger partial charge on any atom is -0.446 e. The quantitative estimate of drug-likeness (QED) is 0.303. The van der Waals surface area contributed by atoms with E-state index in [1.807, 2.05) is 43.5 Å². The minimum absolute atomic E-state index is 0.0397. The van der Waals surface area contributed by atoms with Crippen molar-refractivity contribution < 1.29 is 9.53 Å². The molecule has 2 fully saturated rings. The highest BCUT2D eigenvalue weighted by atomic mass is 16.6. The van der Waals surface area contributed by atoms with Crippen molar-refractivity contribution in [3.63, 3.8) is 0 Å². The molecule has 2 aromatic carbocycles. The first-order chi connectivity index (χ1) is 17.5. The number of anilines is 2. The molecule has 6 heteroatoms. The Morgan fingerprint density at radius 3 is 2.47 bits per heavy atom. The number of ether oxygens (including phenoxy) is 1. The van der Waals surface area contributed by atoms with Crippen molar-refractivity contribution in [3.05, 3.63) is 66.4 Å². The van der Waals surface area contributed by atoms with E-state index in [0.717, 1.165) is 64.8 Å². The maximum Gasteiger partial charge on any atom is 0.411 e. The standard InChI is InChI=1S/C30H32N4O2/c1-18-14-15-32-26(16-18)22-10-13-25-27(17-22)34(24-4-3-5-24)29(28(25)31)21-8-11-23(12-9-21)33-30(35)36-19(2)20-6-7-20/h8-17,19-20,24H,3-7,31H2,1-2H3,(H,33,35)/t19-/m1/s1. The monoisotopic (exact) mass is 480 g/mol. The van der Waals surface area contributed by atoms with Crippen molar-refractivity contribution in [2.24, 2.45) is 5.92 Å². The van der Waals surface area contributed by atoms with Crippen molar-refractivity contribution in [2.45, 2.75) is 58.1 Å². The van der Waals surface area contributed by atoms with Gasteiger partial charge in [0.25, 0.3) is 0 Å². The number of amides is 1. The first kappa shape index (κ1) is 22.7. The first-order valence-electron chi connectivity index (χ1n) is 12.9. The number of aromatic nitrogens is 2. The maximum absolute atomic E-state index is 12.3. The average Bonchev–Trinajstić information content (AvgIpc) is 3.65. The van der Waals surface area contributed by atoms with Crippen molar-refractivity contribution in [1.29, 1.82) is 0 Å². The number of nitrogens with zero attached hydrogens (tertiary/aromatic N) is 2. The normalized spacial score (nSPS) is 16.5. The largest absolute Gasteiger partial charge is 0.446 e. The molecule has 1 amide bonds. The van der Waals surface area contributed by atoms with E-state index < -0.39 is 6.09 Å². The van der Waals surface area contributed by atoms with Crippen LogP contribution in [0.1, 0.15) is 50.6 Å². The highest BCUT2D eigenvalue weighted by Gasteiger charge is 2.31. The molecule has 0 bridgehead atoms. The molecule has 2 heterocycles. The molecule has 184 valence electrons. The smallest absolute Gasteiger partial charge is 0.411 e. The molecule has 0 radical (unpaired) electrons. The van der Waals surface area contributed by atoms with E-state index in [2.05, 4.69) is 46.1 Å². The molecule has 36 heavy (non-hydrogen) atoms. The van der Waals surface area contributed by atoms with E-state index in [-0.39, 0.29) is 6.10 Å². The van der Waals surface area contributed by atoms with E-state index in [9.17, 15) is 4.79 Å². The summed E-state index contributed by atoms with van der Waals surface area (Å²) in [6.45, 7) is 4.05. The number of fused-ring (bicyclic) bond motifs is 1. The number of pyridine rings is 1. The number of hydrogen-bond donors (Lipinski definition) is 2. The molecule has 6 nitrogen and oxygen atoms in total. The Kier molecular flexibility index (Phi) is 5.67. The minimum atomic E-state index is -0.400. The van der Waals surface area contributed by atoms with Gasteiger partial charge in [-0.3, -0.25) is 10.3 Å².